The highest BCUT2D eigenvalue weighted by atomic mass is 16.3. The zero-order chi connectivity index (χ0) is 12.1. The van der Waals surface area contributed by atoms with Gasteiger partial charge in [0, 0.05) is 19.1 Å². The van der Waals surface area contributed by atoms with Gasteiger partial charge in [-0.25, -0.2) is 0 Å². The standard InChI is InChI=1S/C12H23N3O2/c16-8-4-13-12(17)10-14-5-2-7-15-6-1-3-11(15)9-14/h11,16H,1-10H2,(H,13,17). The second kappa shape index (κ2) is 6.33. The van der Waals surface area contributed by atoms with E-state index in [0.29, 0.717) is 19.1 Å². The van der Waals surface area contributed by atoms with Crippen LogP contribution in [0.4, 0.5) is 0 Å². The number of nitrogens with one attached hydrogen (secondary N) is 1. The van der Waals surface area contributed by atoms with Gasteiger partial charge in [-0.05, 0) is 38.9 Å². The van der Waals surface area contributed by atoms with Crippen molar-refractivity contribution < 1.29 is 9.90 Å². The molecule has 0 spiro atoms. The quantitative estimate of drug-likeness (QED) is 0.681. The second-order valence-electron chi connectivity index (χ2n) is 4.99. The van der Waals surface area contributed by atoms with E-state index in [1.807, 2.05) is 0 Å². The van der Waals surface area contributed by atoms with Crippen molar-refractivity contribution in [1.82, 2.24) is 15.1 Å². The number of hydrogen-bond donors (Lipinski definition) is 2. The van der Waals surface area contributed by atoms with Crippen molar-refractivity contribution in [2.75, 3.05) is 45.9 Å². The van der Waals surface area contributed by atoms with Gasteiger partial charge >= 0.3 is 0 Å². The molecule has 2 N–H and O–H groups in total. The molecule has 0 aliphatic carbocycles. The lowest BCUT2D eigenvalue weighted by Gasteiger charge is -2.25. The molecular formula is C12H23N3O2. The Kier molecular flexibility index (Phi) is 4.76. The molecular weight excluding hydrogens is 218 g/mol. The number of carbonyl (C=O) groups is 1. The number of carbonyl (C=O) groups excluding carboxylic acids is 1. The summed E-state index contributed by atoms with van der Waals surface area (Å²) in [6, 6.07) is 0.656. The van der Waals surface area contributed by atoms with Crippen LogP contribution in [0.1, 0.15) is 19.3 Å². The van der Waals surface area contributed by atoms with E-state index in [0.717, 1.165) is 19.5 Å². The van der Waals surface area contributed by atoms with Crippen molar-refractivity contribution in [3.05, 3.63) is 0 Å². The van der Waals surface area contributed by atoms with E-state index in [4.69, 9.17) is 5.11 Å². The van der Waals surface area contributed by atoms with E-state index in [1.54, 1.807) is 0 Å². The Bertz CT molecular complexity index is 260. The zero-order valence-electron chi connectivity index (χ0n) is 10.4. The maximum absolute atomic E-state index is 11.6. The van der Waals surface area contributed by atoms with Crippen molar-refractivity contribution in [2.45, 2.75) is 25.3 Å². The van der Waals surface area contributed by atoms with Crippen molar-refractivity contribution in [1.29, 1.82) is 0 Å². The summed E-state index contributed by atoms with van der Waals surface area (Å²) in [6.07, 6.45) is 3.73. The third-order valence-electron chi connectivity index (χ3n) is 3.69. The number of nitrogens with zero attached hydrogens (tertiary/aromatic N) is 2. The summed E-state index contributed by atoms with van der Waals surface area (Å²) in [4.78, 5) is 16.4. The van der Waals surface area contributed by atoms with E-state index in [2.05, 4.69) is 15.1 Å². The fraction of sp³-hybridized carbons (Fsp3) is 0.917. The first kappa shape index (κ1) is 12.8. The first-order chi connectivity index (χ1) is 8.29. The van der Waals surface area contributed by atoms with Crippen LogP contribution in [0.5, 0.6) is 0 Å². The third-order valence-corrected chi connectivity index (χ3v) is 3.69. The molecule has 2 heterocycles. The SMILES string of the molecule is O=C(CN1CCCN2CCCC2C1)NCCO. The molecule has 2 aliphatic heterocycles. The number of hydrogen-bond acceptors (Lipinski definition) is 4. The molecule has 0 saturated carbocycles. The van der Waals surface area contributed by atoms with Crippen LogP contribution in [-0.2, 0) is 4.79 Å². The van der Waals surface area contributed by atoms with Gasteiger partial charge in [-0.1, -0.05) is 0 Å². The first-order valence-electron chi connectivity index (χ1n) is 6.63. The lowest BCUT2D eigenvalue weighted by atomic mass is 10.2. The van der Waals surface area contributed by atoms with E-state index in [9.17, 15) is 4.79 Å². The van der Waals surface area contributed by atoms with Crippen LogP contribution < -0.4 is 5.32 Å². The monoisotopic (exact) mass is 241 g/mol. The molecule has 2 saturated heterocycles. The summed E-state index contributed by atoms with van der Waals surface area (Å²) in [5, 5.41) is 11.4. The highest BCUT2D eigenvalue weighted by molar-refractivity contribution is 5.77. The van der Waals surface area contributed by atoms with Crippen LogP contribution in [0, 0.1) is 0 Å². The molecule has 5 nitrogen and oxygen atoms in total. The Labute approximate surface area is 103 Å². The van der Waals surface area contributed by atoms with Crippen molar-refractivity contribution in [2.24, 2.45) is 0 Å². The van der Waals surface area contributed by atoms with Crippen molar-refractivity contribution in [3.8, 4) is 0 Å². The molecule has 0 aromatic carbocycles. The van der Waals surface area contributed by atoms with Gasteiger partial charge in [0.1, 0.15) is 0 Å². The molecule has 2 fully saturated rings. The summed E-state index contributed by atoms with van der Waals surface area (Å²) >= 11 is 0. The van der Waals surface area contributed by atoms with Gasteiger partial charge in [0.15, 0.2) is 0 Å². The molecule has 1 unspecified atom stereocenters. The number of aliphatic hydroxyl groups is 1. The number of rotatable bonds is 4. The van der Waals surface area contributed by atoms with Gasteiger partial charge in [-0.3, -0.25) is 14.6 Å². The van der Waals surface area contributed by atoms with Gasteiger partial charge in [-0.15, -0.1) is 0 Å². The van der Waals surface area contributed by atoms with Crippen molar-refractivity contribution >= 4 is 5.91 Å². The maximum atomic E-state index is 11.6. The van der Waals surface area contributed by atoms with E-state index in [1.165, 1.54) is 25.9 Å². The van der Waals surface area contributed by atoms with Crippen LogP contribution in [0.2, 0.25) is 0 Å². The van der Waals surface area contributed by atoms with Crippen molar-refractivity contribution in [3.63, 3.8) is 0 Å². The first-order valence-corrected chi connectivity index (χ1v) is 6.63. The maximum Gasteiger partial charge on any atom is 0.234 e. The van der Waals surface area contributed by atoms with Crippen LogP contribution in [0.3, 0.4) is 0 Å². The molecule has 0 radical (unpaired) electrons. The fourth-order valence-corrected chi connectivity index (χ4v) is 2.88. The number of amides is 1. The molecule has 5 heteroatoms. The average molecular weight is 241 g/mol. The smallest absolute Gasteiger partial charge is 0.234 e. The van der Waals surface area contributed by atoms with E-state index >= 15 is 0 Å². The summed E-state index contributed by atoms with van der Waals surface area (Å²) < 4.78 is 0. The Balaban J connectivity index is 1.78. The topological polar surface area (TPSA) is 55.8 Å². The lowest BCUT2D eigenvalue weighted by molar-refractivity contribution is -0.122. The van der Waals surface area contributed by atoms with Crippen LogP contribution in [-0.4, -0.2) is 72.7 Å². The fourth-order valence-electron chi connectivity index (χ4n) is 2.88. The highest BCUT2D eigenvalue weighted by Gasteiger charge is 2.29. The zero-order valence-corrected chi connectivity index (χ0v) is 10.4. The van der Waals surface area contributed by atoms with Crippen LogP contribution >= 0.6 is 0 Å². The lowest BCUT2D eigenvalue weighted by Crippen LogP contribution is -2.42. The summed E-state index contributed by atoms with van der Waals surface area (Å²) in [5.41, 5.74) is 0. The minimum Gasteiger partial charge on any atom is -0.395 e. The Hall–Kier alpha value is -0.650. The molecule has 2 rings (SSSR count). The summed E-state index contributed by atoms with van der Waals surface area (Å²) in [6.45, 7) is 5.30. The Morgan fingerprint density at radius 2 is 2.12 bits per heavy atom. The number of fused-ring (bicyclic) bond motifs is 1. The molecule has 2 aliphatic rings. The minimum absolute atomic E-state index is 0.0160. The van der Waals surface area contributed by atoms with Gasteiger partial charge in [0.25, 0.3) is 0 Å². The Morgan fingerprint density at radius 3 is 2.94 bits per heavy atom. The molecule has 0 bridgehead atoms. The van der Waals surface area contributed by atoms with Gasteiger partial charge in [0.2, 0.25) is 5.91 Å². The second-order valence-corrected chi connectivity index (χ2v) is 4.99. The molecule has 98 valence electrons. The average Bonchev–Trinajstić information content (AvgIpc) is 2.66. The molecule has 0 aromatic heterocycles. The summed E-state index contributed by atoms with van der Waals surface area (Å²) in [7, 11) is 0. The predicted octanol–water partition coefficient (Wildman–Crippen LogP) is -0.735. The minimum atomic E-state index is 0.0160. The van der Waals surface area contributed by atoms with E-state index < -0.39 is 0 Å². The molecule has 1 amide bonds. The van der Waals surface area contributed by atoms with E-state index in [-0.39, 0.29) is 12.5 Å². The predicted molar refractivity (Wildman–Crippen MR) is 65.7 cm³/mol. The van der Waals surface area contributed by atoms with Gasteiger partial charge < -0.3 is 10.4 Å². The molecule has 0 aromatic rings. The van der Waals surface area contributed by atoms with Crippen LogP contribution in [0.25, 0.3) is 0 Å². The normalized spacial score (nSPS) is 26.5. The summed E-state index contributed by atoms with van der Waals surface area (Å²) in [5.74, 6) is 0.0329. The Morgan fingerprint density at radius 1 is 1.29 bits per heavy atom. The molecule has 17 heavy (non-hydrogen) atoms. The molecule has 1 atom stereocenters. The largest absolute Gasteiger partial charge is 0.395 e. The van der Waals surface area contributed by atoms with Gasteiger partial charge in [0.05, 0.1) is 13.2 Å². The van der Waals surface area contributed by atoms with Crippen LogP contribution in [0.15, 0.2) is 0 Å². The highest BCUT2D eigenvalue weighted by Crippen LogP contribution is 2.20. The van der Waals surface area contributed by atoms with Gasteiger partial charge in [-0.2, -0.15) is 0 Å². The third kappa shape index (κ3) is 3.66. The number of aliphatic hydroxyl groups excluding tert-OH is 1.